The van der Waals surface area contributed by atoms with Crippen LogP contribution >= 0.6 is 0 Å². The lowest BCUT2D eigenvalue weighted by Gasteiger charge is -2.05. The van der Waals surface area contributed by atoms with Crippen molar-refractivity contribution in [3.05, 3.63) is 35.4 Å². The average Bonchev–Trinajstić information content (AvgIpc) is 2.20. The van der Waals surface area contributed by atoms with E-state index in [0.29, 0.717) is 13.2 Å². The molecule has 14 heavy (non-hydrogen) atoms. The topological polar surface area (TPSA) is 55.5 Å². The maximum atomic E-state index is 9.77. The zero-order chi connectivity index (χ0) is 10.4. The predicted molar refractivity (Wildman–Crippen MR) is 56.9 cm³/mol. The summed E-state index contributed by atoms with van der Waals surface area (Å²) in [5, 5.41) is 9.77. The normalized spacial score (nSPS) is 11.0. The molecule has 3 nitrogen and oxygen atoms in total. The van der Waals surface area contributed by atoms with Crippen LogP contribution < -0.4 is 5.73 Å². The quantitative estimate of drug-likeness (QED) is 0.762. The van der Waals surface area contributed by atoms with Crippen molar-refractivity contribution in [1.82, 2.24) is 0 Å². The smallest absolute Gasteiger partial charge is 0.128 e. The third-order valence-corrected chi connectivity index (χ3v) is 1.88. The Morgan fingerprint density at radius 2 is 2.29 bits per heavy atom. The molecule has 1 aromatic carbocycles. The Morgan fingerprint density at radius 1 is 1.50 bits per heavy atom. The summed E-state index contributed by atoms with van der Waals surface area (Å²) in [6.45, 7) is 0.879. The first-order chi connectivity index (χ1) is 6.79. The fraction of sp³-hybridized carbons (Fsp3) is 0.273. The summed E-state index contributed by atoms with van der Waals surface area (Å²) >= 11 is 0. The Bertz CT molecular complexity index is 321. The summed E-state index contributed by atoms with van der Waals surface area (Å²) in [6.07, 6.45) is 3.60. The second-order valence-electron chi connectivity index (χ2n) is 2.93. The number of hydrogen-bond acceptors (Lipinski definition) is 3. The first-order valence-corrected chi connectivity index (χ1v) is 4.46. The lowest BCUT2D eigenvalue weighted by molar-refractivity contribution is 0.182. The molecule has 0 spiro atoms. The van der Waals surface area contributed by atoms with Crippen LogP contribution in [0.3, 0.4) is 0 Å². The Balaban J connectivity index is 2.95. The van der Waals surface area contributed by atoms with Crippen LogP contribution in [0.25, 0.3) is 6.08 Å². The van der Waals surface area contributed by atoms with Gasteiger partial charge in [-0.3, -0.25) is 0 Å². The van der Waals surface area contributed by atoms with Gasteiger partial charge in [-0.25, -0.2) is 0 Å². The molecule has 0 aliphatic heterocycles. The monoisotopic (exact) mass is 193 g/mol. The highest BCUT2D eigenvalue weighted by atomic mass is 16.5. The molecule has 1 aromatic rings. The summed E-state index contributed by atoms with van der Waals surface area (Å²) in [7, 11) is 1.60. The van der Waals surface area contributed by atoms with E-state index < -0.39 is 0 Å². The molecule has 0 heterocycles. The Labute approximate surface area is 83.8 Å². The van der Waals surface area contributed by atoms with Crippen LogP contribution in [0.5, 0.6) is 5.75 Å². The Kier molecular flexibility index (Phi) is 4.16. The van der Waals surface area contributed by atoms with Crippen LogP contribution in [0, 0.1) is 0 Å². The fourth-order valence-corrected chi connectivity index (χ4v) is 1.21. The van der Waals surface area contributed by atoms with Crippen molar-refractivity contribution in [3.63, 3.8) is 0 Å². The maximum absolute atomic E-state index is 9.77. The molecule has 0 radical (unpaired) electrons. The van der Waals surface area contributed by atoms with Gasteiger partial charge in [-0.1, -0.05) is 30.4 Å². The molecular formula is C11H15NO2. The third-order valence-electron chi connectivity index (χ3n) is 1.88. The van der Waals surface area contributed by atoms with Crippen molar-refractivity contribution >= 4 is 6.08 Å². The number of methoxy groups -OCH3 is 1. The molecule has 3 heteroatoms. The summed E-state index contributed by atoms with van der Waals surface area (Å²) in [4.78, 5) is 0. The van der Waals surface area contributed by atoms with Crippen molar-refractivity contribution in [2.45, 2.75) is 6.61 Å². The zero-order valence-corrected chi connectivity index (χ0v) is 8.23. The summed E-state index contributed by atoms with van der Waals surface area (Å²) in [5.74, 6) is 0.263. The van der Waals surface area contributed by atoms with E-state index in [0.717, 1.165) is 11.1 Å². The van der Waals surface area contributed by atoms with E-state index >= 15 is 0 Å². The van der Waals surface area contributed by atoms with Gasteiger partial charge in [-0.15, -0.1) is 0 Å². The van der Waals surface area contributed by atoms with Gasteiger partial charge in [0, 0.05) is 24.8 Å². The number of hydrogen-bond donors (Lipinski definition) is 2. The molecule has 0 saturated heterocycles. The molecule has 0 amide bonds. The molecule has 0 saturated carbocycles. The van der Waals surface area contributed by atoms with E-state index in [1.807, 2.05) is 18.2 Å². The second-order valence-corrected chi connectivity index (χ2v) is 2.93. The summed E-state index contributed by atoms with van der Waals surface area (Å²) in [6, 6.07) is 5.55. The van der Waals surface area contributed by atoms with Crippen molar-refractivity contribution in [2.24, 2.45) is 5.73 Å². The van der Waals surface area contributed by atoms with Crippen molar-refractivity contribution in [3.8, 4) is 5.75 Å². The Hall–Kier alpha value is -1.32. The van der Waals surface area contributed by atoms with Gasteiger partial charge in [-0.2, -0.15) is 0 Å². The van der Waals surface area contributed by atoms with E-state index in [1.165, 1.54) is 0 Å². The van der Waals surface area contributed by atoms with Crippen LogP contribution in [0.4, 0.5) is 0 Å². The fourth-order valence-electron chi connectivity index (χ4n) is 1.21. The predicted octanol–water partition coefficient (Wildman–Crippen LogP) is 1.51. The molecule has 0 fully saturated rings. The van der Waals surface area contributed by atoms with Gasteiger partial charge >= 0.3 is 0 Å². The van der Waals surface area contributed by atoms with Gasteiger partial charge in [0.1, 0.15) is 5.75 Å². The van der Waals surface area contributed by atoms with Crippen molar-refractivity contribution in [2.75, 3.05) is 13.7 Å². The number of benzene rings is 1. The standard InChI is InChI=1S/C11H15NO2/c1-14-8-10-5-2-4-9(11(10)13)6-3-7-12/h2-6,13H,7-8,12H2,1H3/b6-3+. The summed E-state index contributed by atoms with van der Waals surface area (Å²) < 4.78 is 4.96. The van der Waals surface area contributed by atoms with Crippen LogP contribution in [-0.4, -0.2) is 18.8 Å². The molecule has 0 unspecified atom stereocenters. The molecule has 0 atom stereocenters. The van der Waals surface area contributed by atoms with Gasteiger partial charge in [-0.05, 0) is 0 Å². The number of phenolic OH excluding ortho intramolecular Hbond substituents is 1. The number of aromatic hydroxyl groups is 1. The van der Waals surface area contributed by atoms with Gasteiger partial charge < -0.3 is 15.6 Å². The molecule has 0 aromatic heterocycles. The highest BCUT2D eigenvalue weighted by Crippen LogP contribution is 2.23. The number of rotatable bonds is 4. The molecule has 76 valence electrons. The first-order valence-electron chi connectivity index (χ1n) is 4.46. The third kappa shape index (κ3) is 2.58. The molecule has 0 aliphatic carbocycles. The lowest BCUT2D eigenvalue weighted by Crippen LogP contribution is -1.93. The van der Waals surface area contributed by atoms with Crippen LogP contribution in [0.2, 0.25) is 0 Å². The van der Waals surface area contributed by atoms with Crippen molar-refractivity contribution < 1.29 is 9.84 Å². The summed E-state index contributed by atoms with van der Waals surface area (Å²) in [5.41, 5.74) is 6.88. The molecule has 3 N–H and O–H groups in total. The SMILES string of the molecule is COCc1cccc(/C=C/CN)c1O. The van der Waals surface area contributed by atoms with Crippen LogP contribution in [-0.2, 0) is 11.3 Å². The minimum atomic E-state index is 0.263. The highest BCUT2D eigenvalue weighted by molar-refractivity contribution is 5.59. The number of para-hydroxylation sites is 1. The van der Waals surface area contributed by atoms with E-state index in [9.17, 15) is 5.11 Å². The van der Waals surface area contributed by atoms with Gasteiger partial charge in [0.05, 0.1) is 6.61 Å². The van der Waals surface area contributed by atoms with Crippen molar-refractivity contribution in [1.29, 1.82) is 0 Å². The largest absolute Gasteiger partial charge is 0.507 e. The van der Waals surface area contributed by atoms with E-state index in [2.05, 4.69) is 0 Å². The molecule has 0 bridgehead atoms. The number of ether oxygens (including phenoxy) is 1. The average molecular weight is 193 g/mol. The molecule has 1 rings (SSSR count). The lowest BCUT2D eigenvalue weighted by atomic mass is 10.1. The Morgan fingerprint density at radius 3 is 2.93 bits per heavy atom. The number of nitrogens with two attached hydrogens (primary N) is 1. The van der Waals surface area contributed by atoms with Gasteiger partial charge in [0.2, 0.25) is 0 Å². The van der Waals surface area contributed by atoms with E-state index in [1.54, 1.807) is 19.3 Å². The zero-order valence-electron chi connectivity index (χ0n) is 8.23. The van der Waals surface area contributed by atoms with Crippen LogP contribution in [0.15, 0.2) is 24.3 Å². The van der Waals surface area contributed by atoms with Gasteiger partial charge in [0.15, 0.2) is 0 Å². The highest BCUT2D eigenvalue weighted by Gasteiger charge is 2.03. The first kappa shape index (κ1) is 10.8. The minimum absolute atomic E-state index is 0.263. The minimum Gasteiger partial charge on any atom is -0.507 e. The van der Waals surface area contributed by atoms with E-state index in [-0.39, 0.29) is 5.75 Å². The maximum Gasteiger partial charge on any atom is 0.128 e. The molecule has 0 aliphatic rings. The van der Waals surface area contributed by atoms with Gasteiger partial charge in [0.25, 0.3) is 0 Å². The number of phenols is 1. The van der Waals surface area contributed by atoms with E-state index in [4.69, 9.17) is 10.5 Å². The second kappa shape index (κ2) is 5.42. The van der Waals surface area contributed by atoms with Crippen LogP contribution in [0.1, 0.15) is 11.1 Å². The molecular weight excluding hydrogens is 178 g/mol.